The first-order valence-corrected chi connectivity index (χ1v) is 9.16. The second-order valence-corrected chi connectivity index (χ2v) is 7.29. The number of amides is 1. The van der Waals surface area contributed by atoms with Crippen molar-refractivity contribution in [3.05, 3.63) is 48.3 Å². The van der Waals surface area contributed by atoms with E-state index in [9.17, 15) is 4.79 Å². The molecule has 5 nitrogen and oxygen atoms in total. The maximum absolute atomic E-state index is 12.7. The van der Waals surface area contributed by atoms with Gasteiger partial charge >= 0.3 is 0 Å². The molecule has 1 aromatic heterocycles. The molecule has 2 atom stereocenters. The zero-order valence-electron chi connectivity index (χ0n) is 14.7. The van der Waals surface area contributed by atoms with Crippen molar-refractivity contribution in [2.75, 3.05) is 19.7 Å². The van der Waals surface area contributed by atoms with Crippen LogP contribution in [0.2, 0.25) is 0 Å². The van der Waals surface area contributed by atoms with Crippen molar-refractivity contribution < 1.29 is 9.53 Å². The lowest BCUT2D eigenvalue weighted by Crippen LogP contribution is -2.40. The predicted molar refractivity (Wildman–Crippen MR) is 95.3 cm³/mol. The van der Waals surface area contributed by atoms with Crippen molar-refractivity contribution in [1.82, 2.24) is 14.7 Å². The topological polar surface area (TPSA) is 47.4 Å². The number of ether oxygens (including phenoxy) is 1. The minimum atomic E-state index is 0.168. The van der Waals surface area contributed by atoms with Gasteiger partial charge in [-0.1, -0.05) is 18.2 Å². The molecule has 1 aliphatic carbocycles. The van der Waals surface area contributed by atoms with Gasteiger partial charge in [-0.2, -0.15) is 5.10 Å². The van der Waals surface area contributed by atoms with E-state index in [1.54, 1.807) is 0 Å². The van der Waals surface area contributed by atoms with Crippen LogP contribution in [0, 0.1) is 11.8 Å². The summed E-state index contributed by atoms with van der Waals surface area (Å²) in [6.07, 6.45) is 6.96. The molecule has 0 spiro atoms. The summed E-state index contributed by atoms with van der Waals surface area (Å²) in [6.45, 7) is 2.46. The number of aromatic nitrogens is 2. The largest absolute Gasteiger partial charge is 0.493 e. The Morgan fingerprint density at radius 1 is 1.24 bits per heavy atom. The van der Waals surface area contributed by atoms with Crippen molar-refractivity contribution in [1.29, 1.82) is 0 Å². The average molecular weight is 339 g/mol. The molecule has 2 heterocycles. The van der Waals surface area contributed by atoms with E-state index in [1.807, 2.05) is 54.5 Å². The highest BCUT2D eigenvalue weighted by Crippen LogP contribution is 2.48. The SMILES string of the molecule is Cn1cc([C@H]2C[C@H]2C(=O)N2CCC(COc3ccccc3)CC2)cn1. The molecule has 1 aliphatic heterocycles. The van der Waals surface area contributed by atoms with Gasteiger partial charge in [-0.05, 0) is 48.8 Å². The fraction of sp³-hybridized carbons (Fsp3) is 0.500. The Labute approximate surface area is 148 Å². The van der Waals surface area contributed by atoms with Crippen molar-refractivity contribution in [3.63, 3.8) is 0 Å². The minimum Gasteiger partial charge on any atom is -0.493 e. The Bertz CT molecular complexity index is 720. The number of nitrogens with zero attached hydrogens (tertiary/aromatic N) is 3. The Balaban J connectivity index is 1.23. The molecule has 25 heavy (non-hydrogen) atoms. The van der Waals surface area contributed by atoms with E-state index >= 15 is 0 Å². The van der Waals surface area contributed by atoms with E-state index < -0.39 is 0 Å². The first-order chi connectivity index (χ1) is 12.2. The number of piperidine rings is 1. The highest BCUT2D eigenvalue weighted by atomic mass is 16.5. The molecule has 1 saturated carbocycles. The molecular formula is C20H25N3O2. The van der Waals surface area contributed by atoms with Gasteiger partial charge in [0, 0.05) is 32.3 Å². The maximum Gasteiger partial charge on any atom is 0.226 e. The van der Waals surface area contributed by atoms with Crippen molar-refractivity contribution in [2.24, 2.45) is 18.9 Å². The highest BCUT2D eigenvalue weighted by Gasteiger charge is 2.46. The third-order valence-corrected chi connectivity index (χ3v) is 5.42. The van der Waals surface area contributed by atoms with Crippen molar-refractivity contribution >= 4 is 5.91 Å². The Morgan fingerprint density at radius 2 is 2.00 bits per heavy atom. The molecule has 132 valence electrons. The van der Waals surface area contributed by atoms with Crippen LogP contribution in [0.4, 0.5) is 0 Å². The molecule has 2 fully saturated rings. The summed E-state index contributed by atoms with van der Waals surface area (Å²) in [6, 6.07) is 9.96. The Kier molecular flexibility index (Phi) is 4.47. The molecule has 2 aliphatic rings. The van der Waals surface area contributed by atoms with Crippen LogP contribution < -0.4 is 4.74 Å². The standard InChI is InChI=1S/C20H25N3O2/c1-22-13-16(12-21-22)18-11-19(18)20(24)23-9-7-15(8-10-23)14-25-17-5-3-2-4-6-17/h2-6,12-13,15,18-19H,7-11,14H2,1H3/t18-,19-/m1/s1. The van der Waals surface area contributed by atoms with Gasteiger partial charge < -0.3 is 9.64 Å². The first kappa shape index (κ1) is 16.2. The third kappa shape index (κ3) is 3.70. The molecule has 1 aromatic carbocycles. The number of aryl methyl sites for hydroxylation is 1. The molecule has 1 amide bonds. The molecule has 0 N–H and O–H groups in total. The van der Waals surface area contributed by atoms with Gasteiger partial charge in [0.2, 0.25) is 5.91 Å². The molecule has 5 heteroatoms. The normalized spacial score (nSPS) is 23.5. The van der Waals surface area contributed by atoms with E-state index in [2.05, 4.69) is 10.00 Å². The van der Waals surface area contributed by atoms with E-state index in [0.29, 0.717) is 17.7 Å². The van der Waals surface area contributed by atoms with Gasteiger partial charge in [-0.15, -0.1) is 0 Å². The number of benzene rings is 1. The van der Waals surface area contributed by atoms with Crippen LogP contribution in [0.3, 0.4) is 0 Å². The minimum absolute atomic E-state index is 0.168. The summed E-state index contributed by atoms with van der Waals surface area (Å²) in [5, 5.41) is 4.22. The number of hydrogen-bond donors (Lipinski definition) is 0. The van der Waals surface area contributed by atoms with E-state index in [0.717, 1.165) is 44.7 Å². The lowest BCUT2D eigenvalue weighted by molar-refractivity contribution is -0.134. The monoisotopic (exact) mass is 339 g/mol. The van der Waals surface area contributed by atoms with Gasteiger partial charge in [0.15, 0.2) is 0 Å². The van der Waals surface area contributed by atoms with Crippen LogP contribution in [0.1, 0.15) is 30.7 Å². The second kappa shape index (κ2) is 6.90. The summed E-state index contributed by atoms with van der Waals surface area (Å²) in [4.78, 5) is 14.8. The van der Waals surface area contributed by atoms with E-state index in [1.165, 1.54) is 5.56 Å². The molecule has 4 rings (SSSR count). The molecule has 0 unspecified atom stereocenters. The summed E-state index contributed by atoms with van der Waals surface area (Å²) in [5.74, 6) is 2.34. The van der Waals surface area contributed by atoms with Crippen LogP contribution >= 0.6 is 0 Å². The Hall–Kier alpha value is -2.30. The zero-order valence-corrected chi connectivity index (χ0v) is 14.7. The number of para-hydroxylation sites is 1. The fourth-order valence-corrected chi connectivity index (χ4v) is 3.75. The molecular weight excluding hydrogens is 314 g/mol. The lowest BCUT2D eigenvalue weighted by atomic mass is 9.97. The quantitative estimate of drug-likeness (QED) is 0.841. The molecule has 1 saturated heterocycles. The number of hydrogen-bond acceptors (Lipinski definition) is 3. The van der Waals surface area contributed by atoms with Crippen LogP contribution in [0.15, 0.2) is 42.7 Å². The molecule has 0 bridgehead atoms. The summed E-state index contributed by atoms with van der Waals surface area (Å²) < 4.78 is 7.68. The highest BCUT2D eigenvalue weighted by molar-refractivity contribution is 5.83. The van der Waals surface area contributed by atoms with Gasteiger partial charge in [-0.3, -0.25) is 9.48 Å². The summed E-state index contributed by atoms with van der Waals surface area (Å²) in [7, 11) is 1.92. The van der Waals surface area contributed by atoms with Gasteiger partial charge in [0.05, 0.1) is 12.8 Å². The fourth-order valence-electron chi connectivity index (χ4n) is 3.75. The van der Waals surface area contributed by atoms with E-state index in [-0.39, 0.29) is 5.92 Å². The van der Waals surface area contributed by atoms with E-state index in [4.69, 9.17) is 4.74 Å². The smallest absolute Gasteiger partial charge is 0.226 e. The van der Waals surface area contributed by atoms with Crippen LogP contribution in [-0.4, -0.2) is 40.3 Å². The maximum atomic E-state index is 12.7. The average Bonchev–Trinajstić information content (AvgIpc) is 3.34. The lowest BCUT2D eigenvalue weighted by Gasteiger charge is -2.32. The number of carbonyl (C=O) groups is 1. The Morgan fingerprint density at radius 3 is 2.68 bits per heavy atom. The summed E-state index contributed by atoms with van der Waals surface area (Å²) in [5.41, 5.74) is 1.20. The molecule has 0 radical (unpaired) electrons. The first-order valence-electron chi connectivity index (χ1n) is 9.16. The van der Waals surface area contributed by atoms with Gasteiger partial charge in [0.1, 0.15) is 5.75 Å². The number of carbonyl (C=O) groups excluding carboxylic acids is 1. The van der Waals surface area contributed by atoms with Gasteiger partial charge in [-0.25, -0.2) is 0 Å². The summed E-state index contributed by atoms with van der Waals surface area (Å²) >= 11 is 0. The number of likely N-dealkylation sites (tertiary alicyclic amines) is 1. The zero-order chi connectivity index (χ0) is 17.2. The van der Waals surface area contributed by atoms with Crippen molar-refractivity contribution in [2.45, 2.75) is 25.2 Å². The predicted octanol–water partition coefficient (Wildman–Crippen LogP) is 2.84. The van der Waals surface area contributed by atoms with Gasteiger partial charge in [0.25, 0.3) is 0 Å². The third-order valence-electron chi connectivity index (χ3n) is 5.42. The van der Waals surface area contributed by atoms with Crippen molar-refractivity contribution in [3.8, 4) is 5.75 Å². The molecule has 2 aromatic rings. The second-order valence-electron chi connectivity index (χ2n) is 7.29. The van der Waals surface area contributed by atoms with Crippen LogP contribution in [0.25, 0.3) is 0 Å². The van der Waals surface area contributed by atoms with Crippen LogP contribution in [0.5, 0.6) is 5.75 Å². The number of rotatable bonds is 5. The van der Waals surface area contributed by atoms with Crippen LogP contribution in [-0.2, 0) is 11.8 Å².